The molecule has 0 aliphatic carbocycles. The van der Waals surface area contributed by atoms with Gasteiger partial charge < -0.3 is 14.4 Å². The van der Waals surface area contributed by atoms with Crippen molar-refractivity contribution in [3.8, 4) is 0 Å². The smallest absolute Gasteiger partial charge is 0.327 e. The third kappa shape index (κ3) is 2.27. The number of carboxylic acid groups (broad SMARTS) is 1. The molecular weight excluding hydrogens is 297 g/mol. The number of halogens is 1. The maximum absolute atomic E-state index is 13.3. The number of fused-ring (bicyclic) bond motifs is 1. The summed E-state index contributed by atoms with van der Waals surface area (Å²) in [6.45, 7) is 1.66. The van der Waals surface area contributed by atoms with Crippen molar-refractivity contribution in [2.75, 3.05) is 11.6 Å². The monoisotopic (exact) mass is 309 g/mol. The van der Waals surface area contributed by atoms with Gasteiger partial charge in [0, 0.05) is 16.7 Å². The van der Waals surface area contributed by atoms with E-state index in [4.69, 9.17) is 9.52 Å². The SMILES string of the molecule is Cc1c(C(=O)N2CSCC2C(=O)O)oc2ccc(F)cc12. The summed E-state index contributed by atoms with van der Waals surface area (Å²) in [5.74, 6) is -1.18. The maximum atomic E-state index is 13.3. The van der Waals surface area contributed by atoms with E-state index in [2.05, 4.69) is 0 Å². The Morgan fingerprint density at radius 1 is 1.48 bits per heavy atom. The Labute approximate surface area is 123 Å². The van der Waals surface area contributed by atoms with Crippen LogP contribution in [0.4, 0.5) is 4.39 Å². The summed E-state index contributed by atoms with van der Waals surface area (Å²) in [6.07, 6.45) is 0. The zero-order valence-electron chi connectivity index (χ0n) is 11.1. The van der Waals surface area contributed by atoms with Crippen LogP contribution in [0.1, 0.15) is 16.1 Å². The number of aliphatic carboxylic acids is 1. The number of carboxylic acids is 1. The van der Waals surface area contributed by atoms with Gasteiger partial charge in [-0.05, 0) is 25.1 Å². The van der Waals surface area contributed by atoms with E-state index in [1.54, 1.807) is 6.92 Å². The fourth-order valence-corrected chi connectivity index (χ4v) is 3.52. The van der Waals surface area contributed by atoms with Gasteiger partial charge in [0.15, 0.2) is 5.76 Å². The van der Waals surface area contributed by atoms with Crippen molar-refractivity contribution >= 4 is 34.6 Å². The lowest BCUT2D eigenvalue weighted by Crippen LogP contribution is -2.41. The molecule has 1 aliphatic heterocycles. The fourth-order valence-electron chi connectivity index (χ4n) is 2.37. The molecule has 110 valence electrons. The first kappa shape index (κ1) is 13.9. The molecule has 0 spiro atoms. The third-order valence-corrected chi connectivity index (χ3v) is 4.53. The number of carbonyl (C=O) groups is 2. The predicted octanol–water partition coefficient (Wildman–Crippen LogP) is 2.48. The zero-order chi connectivity index (χ0) is 15.1. The van der Waals surface area contributed by atoms with E-state index in [1.807, 2.05) is 0 Å². The lowest BCUT2D eigenvalue weighted by molar-refractivity contribution is -0.140. The molecule has 0 saturated carbocycles. The van der Waals surface area contributed by atoms with E-state index in [9.17, 15) is 14.0 Å². The van der Waals surface area contributed by atoms with Crippen LogP contribution in [0.5, 0.6) is 0 Å². The quantitative estimate of drug-likeness (QED) is 0.923. The van der Waals surface area contributed by atoms with E-state index in [1.165, 1.54) is 34.9 Å². The van der Waals surface area contributed by atoms with Gasteiger partial charge >= 0.3 is 5.97 Å². The normalized spacial score (nSPS) is 18.4. The number of carbonyl (C=O) groups excluding carboxylic acids is 1. The molecule has 2 aromatic rings. The van der Waals surface area contributed by atoms with Crippen LogP contribution in [-0.4, -0.2) is 39.6 Å². The van der Waals surface area contributed by atoms with Gasteiger partial charge in [0.1, 0.15) is 17.4 Å². The summed E-state index contributed by atoms with van der Waals surface area (Å²) in [6, 6.07) is 3.16. The average Bonchev–Trinajstić information content (AvgIpc) is 3.04. The Hall–Kier alpha value is -2.02. The molecule has 5 nitrogen and oxygen atoms in total. The molecule has 1 aromatic heterocycles. The van der Waals surface area contributed by atoms with Gasteiger partial charge in [-0.25, -0.2) is 9.18 Å². The Bertz CT molecular complexity index is 742. The van der Waals surface area contributed by atoms with Crippen LogP contribution in [0, 0.1) is 12.7 Å². The van der Waals surface area contributed by atoms with E-state index >= 15 is 0 Å². The summed E-state index contributed by atoms with van der Waals surface area (Å²) in [7, 11) is 0. The molecule has 1 aliphatic rings. The molecule has 1 unspecified atom stereocenters. The Morgan fingerprint density at radius 2 is 2.24 bits per heavy atom. The summed E-state index contributed by atoms with van der Waals surface area (Å²) >= 11 is 1.38. The van der Waals surface area contributed by atoms with E-state index < -0.39 is 23.7 Å². The first-order chi connectivity index (χ1) is 9.99. The first-order valence-corrected chi connectivity index (χ1v) is 7.44. The molecule has 0 bridgehead atoms. The number of hydrogen-bond acceptors (Lipinski definition) is 4. The second-order valence-electron chi connectivity index (χ2n) is 4.83. The van der Waals surface area contributed by atoms with Gasteiger partial charge in [-0.2, -0.15) is 0 Å². The van der Waals surface area contributed by atoms with Crippen molar-refractivity contribution in [2.45, 2.75) is 13.0 Å². The minimum Gasteiger partial charge on any atom is -0.480 e. The van der Waals surface area contributed by atoms with Gasteiger partial charge in [-0.1, -0.05) is 0 Å². The minimum atomic E-state index is -1.03. The zero-order valence-corrected chi connectivity index (χ0v) is 11.9. The highest BCUT2D eigenvalue weighted by Crippen LogP contribution is 2.30. The van der Waals surface area contributed by atoms with Crippen LogP contribution in [0.15, 0.2) is 22.6 Å². The largest absolute Gasteiger partial charge is 0.480 e. The van der Waals surface area contributed by atoms with Gasteiger partial charge in [-0.15, -0.1) is 11.8 Å². The molecule has 7 heteroatoms. The molecular formula is C14H12FNO4S. The van der Waals surface area contributed by atoms with Crippen LogP contribution in [-0.2, 0) is 4.79 Å². The number of nitrogens with zero attached hydrogens (tertiary/aromatic N) is 1. The lowest BCUT2D eigenvalue weighted by atomic mass is 10.1. The van der Waals surface area contributed by atoms with Crippen molar-refractivity contribution in [2.24, 2.45) is 0 Å². The number of rotatable bonds is 2. The molecule has 1 aromatic carbocycles. The third-order valence-electron chi connectivity index (χ3n) is 3.52. The van der Waals surface area contributed by atoms with Gasteiger partial charge in [0.25, 0.3) is 5.91 Å². The highest BCUT2D eigenvalue weighted by Gasteiger charge is 2.37. The maximum Gasteiger partial charge on any atom is 0.327 e. The number of hydrogen-bond donors (Lipinski definition) is 1. The summed E-state index contributed by atoms with van der Waals surface area (Å²) < 4.78 is 18.8. The Kier molecular flexibility index (Phi) is 3.36. The topological polar surface area (TPSA) is 70.8 Å². The van der Waals surface area contributed by atoms with Crippen LogP contribution >= 0.6 is 11.8 Å². The average molecular weight is 309 g/mol. The van der Waals surface area contributed by atoms with Crippen LogP contribution in [0.3, 0.4) is 0 Å². The molecule has 1 saturated heterocycles. The Morgan fingerprint density at radius 3 is 2.95 bits per heavy atom. The van der Waals surface area contributed by atoms with Gasteiger partial charge in [-0.3, -0.25) is 4.79 Å². The van der Waals surface area contributed by atoms with E-state index in [0.29, 0.717) is 28.2 Å². The van der Waals surface area contributed by atoms with E-state index in [-0.39, 0.29) is 5.76 Å². The first-order valence-electron chi connectivity index (χ1n) is 6.29. The molecule has 1 fully saturated rings. The minimum absolute atomic E-state index is 0.0735. The highest BCUT2D eigenvalue weighted by molar-refractivity contribution is 7.99. The van der Waals surface area contributed by atoms with Crippen molar-refractivity contribution in [3.05, 3.63) is 35.3 Å². The summed E-state index contributed by atoms with van der Waals surface area (Å²) in [5.41, 5.74) is 0.937. The number of benzene rings is 1. The van der Waals surface area contributed by atoms with Crippen molar-refractivity contribution in [3.63, 3.8) is 0 Å². The standard InChI is InChI=1S/C14H12FNO4S/c1-7-9-4-8(15)2-3-11(9)20-12(7)13(17)16-6-21-5-10(16)14(18)19/h2-4,10H,5-6H2,1H3,(H,18,19). The van der Waals surface area contributed by atoms with Crippen LogP contribution < -0.4 is 0 Å². The van der Waals surface area contributed by atoms with E-state index in [0.717, 1.165) is 0 Å². The lowest BCUT2D eigenvalue weighted by Gasteiger charge is -2.19. The second-order valence-corrected chi connectivity index (χ2v) is 5.83. The van der Waals surface area contributed by atoms with Crippen molar-refractivity contribution in [1.82, 2.24) is 4.90 Å². The van der Waals surface area contributed by atoms with Crippen molar-refractivity contribution in [1.29, 1.82) is 0 Å². The molecule has 3 rings (SSSR count). The number of amides is 1. The van der Waals surface area contributed by atoms with Gasteiger partial charge in [0.05, 0.1) is 5.88 Å². The molecule has 1 N–H and O–H groups in total. The highest BCUT2D eigenvalue weighted by atomic mass is 32.2. The molecule has 0 radical (unpaired) electrons. The Balaban J connectivity index is 2.02. The second kappa shape index (κ2) is 5.07. The molecule has 1 atom stereocenters. The predicted molar refractivity (Wildman–Crippen MR) is 75.8 cm³/mol. The number of aryl methyl sites for hydroxylation is 1. The number of thioether (sulfide) groups is 1. The van der Waals surface area contributed by atoms with Gasteiger partial charge in [0.2, 0.25) is 0 Å². The summed E-state index contributed by atoms with van der Waals surface area (Å²) in [4.78, 5) is 24.9. The summed E-state index contributed by atoms with van der Waals surface area (Å²) in [5, 5.41) is 9.66. The molecule has 21 heavy (non-hydrogen) atoms. The van der Waals surface area contributed by atoms with Crippen molar-refractivity contribution < 1.29 is 23.5 Å². The number of furan rings is 1. The van der Waals surface area contributed by atoms with Crippen LogP contribution in [0.2, 0.25) is 0 Å². The molecule has 1 amide bonds. The van der Waals surface area contributed by atoms with Crippen LogP contribution in [0.25, 0.3) is 11.0 Å². The fraction of sp³-hybridized carbons (Fsp3) is 0.286. The molecule has 2 heterocycles.